The standard InChI is InChI=1S/C8H16N2O3/c1-9-5-2-3-7(11)10-6-4-8(12)13/h9H,2-6H2,1H3,(H,10,11)(H,12,13). The Morgan fingerprint density at radius 2 is 1.92 bits per heavy atom. The highest BCUT2D eigenvalue weighted by atomic mass is 16.4. The van der Waals surface area contributed by atoms with E-state index in [0.717, 1.165) is 13.0 Å². The van der Waals surface area contributed by atoms with E-state index in [0.29, 0.717) is 6.42 Å². The zero-order valence-electron chi connectivity index (χ0n) is 7.80. The summed E-state index contributed by atoms with van der Waals surface area (Å²) < 4.78 is 0. The maximum atomic E-state index is 11.0. The van der Waals surface area contributed by atoms with Crippen LogP contribution in [0, 0.1) is 0 Å². The Morgan fingerprint density at radius 3 is 2.46 bits per heavy atom. The number of hydrogen-bond acceptors (Lipinski definition) is 3. The molecule has 0 unspecified atom stereocenters. The molecule has 13 heavy (non-hydrogen) atoms. The van der Waals surface area contributed by atoms with Crippen LogP contribution in [0.2, 0.25) is 0 Å². The molecule has 0 saturated carbocycles. The molecule has 0 spiro atoms. The fraction of sp³-hybridized carbons (Fsp3) is 0.750. The van der Waals surface area contributed by atoms with E-state index in [2.05, 4.69) is 10.6 Å². The van der Waals surface area contributed by atoms with Crippen molar-refractivity contribution in [1.82, 2.24) is 10.6 Å². The van der Waals surface area contributed by atoms with Gasteiger partial charge in [-0.3, -0.25) is 9.59 Å². The summed E-state index contributed by atoms with van der Waals surface area (Å²) in [6.07, 6.45) is 1.20. The van der Waals surface area contributed by atoms with Crippen molar-refractivity contribution < 1.29 is 14.7 Å². The van der Waals surface area contributed by atoms with Crippen LogP contribution in [0.3, 0.4) is 0 Å². The molecular weight excluding hydrogens is 172 g/mol. The van der Waals surface area contributed by atoms with Crippen LogP contribution in [0.15, 0.2) is 0 Å². The van der Waals surface area contributed by atoms with Gasteiger partial charge in [0.25, 0.3) is 0 Å². The maximum absolute atomic E-state index is 11.0. The lowest BCUT2D eigenvalue weighted by Crippen LogP contribution is -2.26. The molecular formula is C8H16N2O3. The first-order chi connectivity index (χ1) is 6.16. The summed E-state index contributed by atoms with van der Waals surface area (Å²) in [7, 11) is 1.82. The molecule has 5 heteroatoms. The van der Waals surface area contributed by atoms with Crippen LogP contribution in [0.1, 0.15) is 19.3 Å². The van der Waals surface area contributed by atoms with E-state index in [-0.39, 0.29) is 18.9 Å². The lowest BCUT2D eigenvalue weighted by molar-refractivity contribution is -0.136. The molecule has 76 valence electrons. The zero-order valence-corrected chi connectivity index (χ0v) is 7.80. The van der Waals surface area contributed by atoms with Gasteiger partial charge in [0.1, 0.15) is 0 Å². The second-order valence-corrected chi connectivity index (χ2v) is 2.70. The van der Waals surface area contributed by atoms with E-state index in [1.807, 2.05) is 7.05 Å². The Labute approximate surface area is 77.5 Å². The quantitative estimate of drug-likeness (QED) is 0.474. The Bertz CT molecular complexity index is 171. The summed E-state index contributed by atoms with van der Waals surface area (Å²) >= 11 is 0. The molecule has 0 fully saturated rings. The second kappa shape index (κ2) is 7.54. The third-order valence-corrected chi connectivity index (χ3v) is 1.49. The summed E-state index contributed by atoms with van der Waals surface area (Å²) in [5, 5.41) is 13.7. The molecule has 0 aliphatic heterocycles. The van der Waals surface area contributed by atoms with Crippen molar-refractivity contribution in [2.24, 2.45) is 0 Å². The van der Waals surface area contributed by atoms with Crippen LogP contribution in [0.4, 0.5) is 0 Å². The molecule has 0 aliphatic rings. The van der Waals surface area contributed by atoms with E-state index in [1.54, 1.807) is 0 Å². The van der Waals surface area contributed by atoms with E-state index >= 15 is 0 Å². The Kier molecular flexibility index (Phi) is 6.91. The molecule has 0 atom stereocenters. The van der Waals surface area contributed by atoms with Crippen molar-refractivity contribution in [3.63, 3.8) is 0 Å². The number of nitrogens with one attached hydrogen (secondary N) is 2. The zero-order chi connectivity index (χ0) is 10.1. The van der Waals surface area contributed by atoms with E-state index in [1.165, 1.54) is 0 Å². The van der Waals surface area contributed by atoms with Gasteiger partial charge < -0.3 is 15.7 Å². The van der Waals surface area contributed by atoms with Crippen LogP contribution in [-0.4, -0.2) is 37.1 Å². The van der Waals surface area contributed by atoms with Gasteiger partial charge in [-0.1, -0.05) is 0 Å². The average Bonchev–Trinajstić information content (AvgIpc) is 2.04. The first kappa shape index (κ1) is 11.9. The van der Waals surface area contributed by atoms with Gasteiger partial charge in [-0.2, -0.15) is 0 Å². The molecule has 3 N–H and O–H groups in total. The second-order valence-electron chi connectivity index (χ2n) is 2.70. The minimum atomic E-state index is -0.893. The number of carboxylic acid groups (broad SMARTS) is 1. The monoisotopic (exact) mass is 188 g/mol. The number of rotatable bonds is 7. The number of carbonyl (C=O) groups excluding carboxylic acids is 1. The molecule has 1 amide bonds. The minimum Gasteiger partial charge on any atom is -0.481 e. The van der Waals surface area contributed by atoms with E-state index in [9.17, 15) is 9.59 Å². The molecule has 0 aromatic rings. The summed E-state index contributed by atoms with van der Waals surface area (Å²) in [6, 6.07) is 0. The minimum absolute atomic E-state index is 0.0161. The van der Waals surface area contributed by atoms with E-state index < -0.39 is 5.97 Å². The topological polar surface area (TPSA) is 78.4 Å². The van der Waals surface area contributed by atoms with Gasteiger partial charge in [-0.05, 0) is 20.0 Å². The fourth-order valence-corrected chi connectivity index (χ4v) is 0.823. The van der Waals surface area contributed by atoms with Gasteiger partial charge in [-0.25, -0.2) is 0 Å². The first-order valence-corrected chi connectivity index (χ1v) is 4.30. The maximum Gasteiger partial charge on any atom is 0.305 e. The van der Waals surface area contributed by atoms with Crippen molar-refractivity contribution in [2.45, 2.75) is 19.3 Å². The molecule has 0 radical (unpaired) electrons. The molecule has 0 bridgehead atoms. The molecule has 5 nitrogen and oxygen atoms in total. The lowest BCUT2D eigenvalue weighted by atomic mass is 10.3. The normalized spacial score (nSPS) is 9.62. The summed E-state index contributed by atoms with van der Waals surface area (Å²) in [6.45, 7) is 1.01. The van der Waals surface area contributed by atoms with Gasteiger partial charge >= 0.3 is 5.97 Å². The van der Waals surface area contributed by atoms with Crippen molar-refractivity contribution in [3.05, 3.63) is 0 Å². The van der Waals surface area contributed by atoms with Gasteiger partial charge in [0.15, 0.2) is 0 Å². The average molecular weight is 188 g/mol. The number of carbonyl (C=O) groups is 2. The van der Waals surface area contributed by atoms with Gasteiger partial charge in [-0.15, -0.1) is 0 Å². The Morgan fingerprint density at radius 1 is 1.23 bits per heavy atom. The first-order valence-electron chi connectivity index (χ1n) is 4.30. The van der Waals surface area contributed by atoms with E-state index in [4.69, 9.17) is 5.11 Å². The van der Waals surface area contributed by atoms with Crippen molar-refractivity contribution in [3.8, 4) is 0 Å². The largest absolute Gasteiger partial charge is 0.481 e. The van der Waals surface area contributed by atoms with Gasteiger partial charge in [0.05, 0.1) is 6.42 Å². The van der Waals surface area contributed by atoms with Crippen LogP contribution in [0.25, 0.3) is 0 Å². The van der Waals surface area contributed by atoms with Gasteiger partial charge in [0, 0.05) is 13.0 Å². The molecule has 0 saturated heterocycles. The third-order valence-electron chi connectivity index (χ3n) is 1.49. The van der Waals surface area contributed by atoms with Crippen molar-refractivity contribution in [1.29, 1.82) is 0 Å². The van der Waals surface area contributed by atoms with Crippen molar-refractivity contribution >= 4 is 11.9 Å². The number of amides is 1. The number of carboxylic acids is 1. The highest BCUT2D eigenvalue weighted by Gasteiger charge is 2.01. The molecule has 0 aromatic carbocycles. The van der Waals surface area contributed by atoms with Crippen LogP contribution in [0.5, 0.6) is 0 Å². The molecule has 0 aliphatic carbocycles. The molecule has 0 rings (SSSR count). The summed E-state index contributed by atoms with van der Waals surface area (Å²) in [5.41, 5.74) is 0. The van der Waals surface area contributed by atoms with Gasteiger partial charge in [0.2, 0.25) is 5.91 Å². The lowest BCUT2D eigenvalue weighted by Gasteiger charge is -2.02. The SMILES string of the molecule is CNCCCC(=O)NCCC(=O)O. The smallest absolute Gasteiger partial charge is 0.305 e. The molecule has 0 heterocycles. The summed E-state index contributed by atoms with van der Waals surface area (Å²) in [4.78, 5) is 21.0. The fourth-order valence-electron chi connectivity index (χ4n) is 0.823. The number of hydrogen-bond donors (Lipinski definition) is 3. The third kappa shape index (κ3) is 8.81. The Hall–Kier alpha value is -1.10. The highest BCUT2D eigenvalue weighted by molar-refractivity contribution is 5.76. The van der Waals surface area contributed by atoms with Crippen LogP contribution >= 0.6 is 0 Å². The molecule has 0 aromatic heterocycles. The summed E-state index contributed by atoms with van der Waals surface area (Å²) in [5.74, 6) is -0.980. The highest BCUT2D eigenvalue weighted by Crippen LogP contribution is 1.86. The van der Waals surface area contributed by atoms with Crippen molar-refractivity contribution in [2.75, 3.05) is 20.1 Å². The van der Waals surface area contributed by atoms with Crippen LogP contribution in [-0.2, 0) is 9.59 Å². The predicted molar refractivity (Wildman–Crippen MR) is 48.4 cm³/mol. The number of aliphatic carboxylic acids is 1. The predicted octanol–water partition coefficient (Wildman–Crippen LogP) is -0.423. The van der Waals surface area contributed by atoms with Crippen LogP contribution < -0.4 is 10.6 Å². The Balaban J connectivity index is 3.25.